The number of hydrogen-bond donors (Lipinski definition) is 0. The molecule has 0 saturated carbocycles. The van der Waals surface area contributed by atoms with Crippen LogP contribution >= 0.6 is 0 Å². The summed E-state index contributed by atoms with van der Waals surface area (Å²) < 4.78 is 11.7. The molecule has 0 aliphatic carbocycles. The maximum Gasteiger partial charge on any atom is 1.00 e. The quantitative estimate of drug-likeness (QED) is 0.296. The SMILES string of the molecule is CC(CCC(=O)[O-])(c1ccc(OCc2ccccn2)cc1)c1ccc(OCc2ccccn2)cc1.[Na+]. The molecule has 2 heterocycles. The minimum absolute atomic E-state index is 0. The summed E-state index contributed by atoms with van der Waals surface area (Å²) >= 11 is 0. The van der Waals surface area contributed by atoms with Crippen LogP contribution in [0, 0.1) is 0 Å². The van der Waals surface area contributed by atoms with Gasteiger partial charge in [0.05, 0.1) is 11.4 Å². The molecule has 0 radical (unpaired) electrons. The van der Waals surface area contributed by atoms with Crippen LogP contribution in [-0.4, -0.2) is 15.9 Å². The van der Waals surface area contributed by atoms with E-state index < -0.39 is 11.4 Å². The van der Waals surface area contributed by atoms with E-state index in [0.29, 0.717) is 19.6 Å². The number of carboxylic acid groups (broad SMARTS) is 1. The number of ether oxygens (including phenoxy) is 2. The fourth-order valence-electron chi connectivity index (χ4n) is 3.93. The van der Waals surface area contributed by atoms with Crippen LogP contribution in [-0.2, 0) is 23.4 Å². The van der Waals surface area contributed by atoms with Crippen LogP contribution in [0.25, 0.3) is 0 Å². The van der Waals surface area contributed by atoms with Gasteiger partial charge in [-0.1, -0.05) is 43.3 Å². The van der Waals surface area contributed by atoms with Crippen molar-refractivity contribution >= 4 is 5.97 Å². The van der Waals surface area contributed by atoms with E-state index in [4.69, 9.17) is 9.47 Å². The van der Waals surface area contributed by atoms with Gasteiger partial charge in [0, 0.05) is 23.8 Å². The third-order valence-electron chi connectivity index (χ3n) is 6.04. The van der Waals surface area contributed by atoms with Gasteiger partial charge in [0.1, 0.15) is 24.7 Å². The van der Waals surface area contributed by atoms with E-state index in [1.165, 1.54) is 0 Å². The van der Waals surface area contributed by atoms with Gasteiger partial charge in [0.15, 0.2) is 0 Å². The number of carbonyl (C=O) groups excluding carboxylic acids is 1. The van der Waals surface area contributed by atoms with Crippen molar-refractivity contribution in [3.8, 4) is 11.5 Å². The topological polar surface area (TPSA) is 84.4 Å². The third-order valence-corrected chi connectivity index (χ3v) is 6.04. The van der Waals surface area contributed by atoms with Crippen LogP contribution in [0.1, 0.15) is 42.3 Å². The number of benzene rings is 2. The van der Waals surface area contributed by atoms with Gasteiger partial charge in [-0.25, -0.2) is 0 Å². The predicted molar refractivity (Wildman–Crippen MR) is 131 cm³/mol. The Bertz CT molecular complexity index is 1130. The zero-order valence-corrected chi connectivity index (χ0v) is 22.6. The summed E-state index contributed by atoms with van der Waals surface area (Å²) in [4.78, 5) is 19.8. The summed E-state index contributed by atoms with van der Waals surface area (Å²) in [7, 11) is 0. The van der Waals surface area contributed by atoms with Gasteiger partial charge >= 0.3 is 29.6 Å². The van der Waals surface area contributed by atoms with E-state index in [0.717, 1.165) is 34.0 Å². The zero-order chi connectivity index (χ0) is 24.5. The summed E-state index contributed by atoms with van der Waals surface area (Å²) in [5, 5.41) is 11.3. The molecule has 36 heavy (non-hydrogen) atoms. The van der Waals surface area contributed by atoms with Crippen molar-refractivity contribution in [1.82, 2.24) is 9.97 Å². The van der Waals surface area contributed by atoms with Gasteiger partial charge < -0.3 is 19.4 Å². The van der Waals surface area contributed by atoms with E-state index in [2.05, 4.69) is 9.97 Å². The first kappa shape index (κ1) is 27.4. The van der Waals surface area contributed by atoms with Crippen molar-refractivity contribution in [2.75, 3.05) is 0 Å². The van der Waals surface area contributed by atoms with Gasteiger partial charge in [-0.3, -0.25) is 9.97 Å². The molecule has 178 valence electrons. The second kappa shape index (κ2) is 13.2. The normalized spacial score (nSPS) is 10.8. The Morgan fingerprint density at radius 2 is 1.19 bits per heavy atom. The largest absolute Gasteiger partial charge is 1.00 e. The summed E-state index contributed by atoms with van der Waals surface area (Å²) in [6.07, 6.45) is 3.82. The van der Waals surface area contributed by atoms with Crippen molar-refractivity contribution in [3.05, 3.63) is 120 Å². The van der Waals surface area contributed by atoms with Gasteiger partial charge in [-0.2, -0.15) is 0 Å². The van der Waals surface area contributed by atoms with Crippen LogP contribution in [0.5, 0.6) is 11.5 Å². The minimum Gasteiger partial charge on any atom is -0.550 e. The fourth-order valence-corrected chi connectivity index (χ4v) is 3.93. The molecule has 0 unspecified atom stereocenters. The van der Waals surface area contributed by atoms with E-state index in [1.807, 2.05) is 91.9 Å². The standard InChI is InChI=1S/C29H28N2O4.Na/c1-29(17-16-28(32)33,22-8-12-26(13-9-22)34-20-24-6-2-4-18-30-24)23-10-14-27(15-11-23)35-21-25-7-3-5-19-31-25;/h2-15,18-19H,16-17,20-21H2,1H3,(H,32,33);/q;+1/p-1. The molecule has 4 rings (SSSR count). The first-order valence-corrected chi connectivity index (χ1v) is 11.5. The number of pyridine rings is 2. The smallest absolute Gasteiger partial charge is 0.550 e. The van der Waals surface area contributed by atoms with Crippen LogP contribution in [0.2, 0.25) is 0 Å². The fraction of sp³-hybridized carbons (Fsp3) is 0.207. The number of carboxylic acids is 1. The van der Waals surface area contributed by atoms with Crippen molar-refractivity contribution in [1.29, 1.82) is 0 Å². The Kier molecular flexibility index (Phi) is 10.1. The molecule has 2 aromatic heterocycles. The first-order chi connectivity index (χ1) is 17.0. The van der Waals surface area contributed by atoms with Gasteiger partial charge in [-0.05, 0) is 72.5 Å². The molecular formula is C29H27N2NaO4. The number of rotatable bonds is 11. The molecule has 6 nitrogen and oxygen atoms in total. The Balaban J connectivity index is 0.00000361. The average molecular weight is 491 g/mol. The molecule has 0 aliphatic heterocycles. The maximum absolute atomic E-state index is 11.3. The van der Waals surface area contributed by atoms with E-state index in [1.54, 1.807) is 12.4 Å². The van der Waals surface area contributed by atoms with Crippen molar-refractivity contribution in [2.45, 2.75) is 38.4 Å². The van der Waals surface area contributed by atoms with Crippen LogP contribution in [0.3, 0.4) is 0 Å². The van der Waals surface area contributed by atoms with Gasteiger partial charge in [0.25, 0.3) is 0 Å². The molecule has 0 saturated heterocycles. The van der Waals surface area contributed by atoms with Crippen LogP contribution in [0.15, 0.2) is 97.3 Å². The summed E-state index contributed by atoms with van der Waals surface area (Å²) in [5.41, 5.74) is 3.15. The second-order valence-electron chi connectivity index (χ2n) is 8.47. The summed E-state index contributed by atoms with van der Waals surface area (Å²) in [6.45, 7) is 2.80. The molecule has 0 spiro atoms. The summed E-state index contributed by atoms with van der Waals surface area (Å²) in [6, 6.07) is 26.9. The van der Waals surface area contributed by atoms with Crippen molar-refractivity contribution < 1.29 is 48.9 Å². The monoisotopic (exact) mass is 490 g/mol. The Labute approximate surface area is 233 Å². The Hall–Kier alpha value is -3.19. The molecule has 2 aromatic carbocycles. The molecule has 7 heteroatoms. The number of aliphatic carboxylic acids is 1. The summed E-state index contributed by atoms with van der Waals surface area (Å²) in [5.74, 6) is 0.377. The third kappa shape index (κ3) is 7.40. The number of aromatic nitrogens is 2. The van der Waals surface area contributed by atoms with E-state index >= 15 is 0 Å². The van der Waals surface area contributed by atoms with Gasteiger partial charge in [0.2, 0.25) is 0 Å². The number of carbonyl (C=O) groups is 1. The minimum atomic E-state index is -1.07. The molecule has 4 aromatic rings. The predicted octanol–water partition coefficient (Wildman–Crippen LogP) is 1.47. The number of hydrogen-bond acceptors (Lipinski definition) is 6. The Morgan fingerprint density at radius 1 is 0.750 bits per heavy atom. The second-order valence-corrected chi connectivity index (χ2v) is 8.47. The zero-order valence-electron chi connectivity index (χ0n) is 20.6. The van der Waals surface area contributed by atoms with E-state index in [-0.39, 0.29) is 36.0 Å². The molecule has 0 amide bonds. The molecular weight excluding hydrogens is 463 g/mol. The van der Waals surface area contributed by atoms with Crippen LogP contribution in [0.4, 0.5) is 0 Å². The maximum atomic E-state index is 11.3. The average Bonchev–Trinajstić information content (AvgIpc) is 2.91. The molecule has 0 atom stereocenters. The van der Waals surface area contributed by atoms with Crippen LogP contribution < -0.4 is 44.1 Å². The number of nitrogens with zero attached hydrogens (tertiary/aromatic N) is 2. The molecule has 0 bridgehead atoms. The molecule has 0 fully saturated rings. The van der Waals surface area contributed by atoms with E-state index in [9.17, 15) is 9.90 Å². The van der Waals surface area contributed by atoms with Crippen molar-refractivity contribution in [2.24, 2.45) is 0 Å². The molecule has 0 N–H and O–H groups in total. The molecule has 0 aliphatic rings. The first-order valence-electron chi connectivity index (χ1n) is 11.5. The van der Waals surface area contributed by atoms with Gasteiger partial charge in [-0.15, -0.1) is 0 Å². The Morgan fingerprint density at radius 3 is 1.56 bits per heavy atom. The van der Waals surface area contributed by atoms with Crippen molar-refractivity contribution in [3.63, 3.8) is 0 Å².